The lowest BCUT2D eigenvalue weighted by atomic mass is 10.0. The van der Waals surface area contributed by atoms with Crippen LogP contribution in [0.1, 0.15) is 40.0 Å². The molecular formula is C16H23Cl6NO3. The Balaban J connectivity index is 2.71. The van der Waals surface area contributed by atoms with Crippen molar-refractivity contribution in [2.45, 2.75) is 59.6 Å². The number of halogens is 6. The predicted molar refractivity (Wildman–Crippen MR) is 110 cm³/mol. The summed E-state index contributed by atoms with van der Waals surface area (Å²) in [6, 6.07) is 0. The van der Waals surface area contributed by atoms with Crippen LogP contribution < -0.4 is 5.32 Å². The van der Waals surface area contributed by atoms with Gasteiger partial charge in [-0.05, 0) is 39.2 Å². The number of ether oxygens (including phenoxy) is 2. The van der Waals surface area contributed by atoms with E-state index in [9.17, 15) is 5.11 Å². The van der Waals surface area contributed by atoms with Crippen molar-refractivity contribution in [1.29, 1.82) is 0 Å². The summed E-state index contributed by atoms with van der Waals surface area (Å²) in [5.74, 6) is 0. The molecule has 0 bridgehead atoms. The van der Waals surface area contributed by atoms with E-state index >= 15 is 0 Å². The maximum Gasteiger partial charge on any atom is 0.213 e. The normalized spacial score (nSPS) is 16.5. The van der Waals surface area contributed by atoms with Gasteiger partial charge in [0, 0.05) is 12.1 Å². The molecule has 10 heteroatoms. The van der Waals surface area contributed by atoms with E-state index in [4.69, 9.17) is 79.1 Å². The standard InChI is InChI=1S/C16H23Cl6NO3/c1-10-4-6-12(23-14(2,3)24)11(10)5-7-13(25-8-15(17,18)19)26-9-16(20,21)22/h6,13,23-24H,4-5,7-9H2,1-3H3. The highest BCUT2D eigenvalue weighted by Gasteiger charge is 2.27. The minimum atomic E-state index is -1.57. The maximum atomic E-state index is 10.00. The van der Waals surface area contributed by atoms with E-state index in [1.165, 1.54) is 5.57 Å². The first kappa shape index (κ1) is 24.9. The van der Waals surface area contributed by atoms with Gasteiger partial charge in [0.1, 0.15) is 5.72 Å². The van der Waals surface area contributed by atoms with E-state index < -0.39 is 19.6 Å². The van der Waals surface area contributed by atoms with Gasteiger partial charge in [0.2, 0.25) is 7.59 Å². The number of aliphatic hydroxyl groups is 1. The first-order valence-corrected chi connectivity index (χ1v) is 10.2. The fraction of sp³-hybridized carbons (Fsp3) is 0.750. The predicted octanol–water partition coefficient (Wildman–Crippen LogP) is 5.79. The van der Waals surface area contributed by atoms with Crippen LogP contribution in [-0.4, -0.2) is 37.9 Å². The molecule has 0 unspecified atom stereocenters. The molecular weight excluding hydrogens is 467 g/mol. The zero-order chi connectivity index (χ0) is 20.2. The summed E-state index contributed by atoms with van der Waals surface area (Å²) in [4.78, 5) is 0. The monoisotopic (exact) mass is 487 g/mol. The summed E-state index contributed by atoms with van der Waals surface area (Å²) in [5.41, 5.74) is 2.13. The van der Waals surface area contributed by atoms with Gasteiger partial charge in [-0.1, -0.05) is 81.3 Å². The highest BCUT2D eigenvalue weighted by molar-refractivity contribution is 6.68. The molecule has 0 saturated carbocycles. The van der Waals surface area contributed by atoms with Crippen molar-refractivity contribution in [2.75, 3.05) is 13.2 Å². The van der Waals surface area contributed by atoms with Crippen LogP contribution >= 0.6 is 69.6 Å². The number of rotatable bonds is 9. The van der Waals surface area contributed by atoms with E-state index in [-0.39, 0.29) is 13.2 Å². The van der Waals surface area contributed by atoms with Gasteiger partial charge in [-0.3, -0.25) is 0 Å². The first-order valence-electron chi connectivity index (χ1n) is 7.93. The smallest absolute Gasteiger partial charge is 0.213 e. The van der Waals surface area contributed by atoms with Gasteiger partial charge in [-0.15, -0.1) is 0 Å². The van der Waals surface area contributed by atoms with Crippen LogP contribution in [0.15, 0.2) is 22.9 Å². The van der Waals surface area contributed by atoms with Gasteiger partial charge in [-0.25, -0.2) is 0 Å². The van der Waals surface area contributed by atoms with Gasteiger partial charge in [0.15, 0.2) is 6.29 Å². The van der Waals surface area contributed by atoms with Crippen LogP contribution in [0.5, 0.6) is 0 Å². The van der Waals surface area contributed by atoms with Crippen LogP contribution in [0.4, 0.5) is 0 Å². The molecule has 0 aromatic heterocycles. The third-order valence-electron chi connectivity index (χ3n) is 3.39. The van der Waals surface area contributed by atoms with Crippen LogP contribution in [0.25, 0.3) is 0 Å². The highest BCUT2D eigenvalue weighted by atomic mass is 35.6. The Labute approximate surface area is 184 Å². The van der Waals surface area contributed by atoms with Crippen molar-refractivity contribution in [3.05, 3.63) is 22.9 Å². The second-order valence-corrected chi connectivity index (χ2v) is 11.6. The molecule has 1 rings (SSSR count). The molecule has 0 amide bonds. The Bertz CT molecular complexity index is 514. The zero-order valence-corrected chi connectivity index (χ0v) is 19.3. The number of hydrogen-bond donors (Lipinski definition) is 2. The molecule has 0 heterocycles. The molecule has 0 radical (unpaired) electrons. The van der Waals surface area contributed by atoms with Gasteiger partial charge >= 0.3 is 0 Å². The van der Waals surface area contributed by atoms with E-state index in [0.717, 1.165) is 17.7 Å². The molecule has 0 atom stereocenters. The Morgan fingerprint density at radius 1 is 1.08 bits per heavy atom. The molecule has 26 heavy (non-hydrogen) atoms. The number of allylic oxidation sites excluding steroid dienone is 3. The van der Waals surface area contributed by atoms with Gasteiger partial charge in [-0.2, -0.15) is 0 Å². The lowest BCUT2D eigenvalue weighted by Gasteiger charge is -2.26. The van der Waals surface area contributed by atoms with Gasteiger partial charge in [0.05, 0.1) is 13.2 Å². The molecule has 0 aromatic rings. The molecule has 152 valence electrons. The maximum absolute atomic E-state index is 10.00. The summed E-state index contributed by atoms with van der Waals surface area (Å²) in [6.07, 6.45) is 3.19. The fourth-order valence-electron chi connectivity index (χ4n) is 2.39. The molecule has 0 fully saturated rings. The summed E-state index contributed by atoms with van der Waals surface area (Å²) in [5, 5.41) is 13.1. The highest BCUT2D eigenvalue weighted by Crippen LogP contribution is 2.32. The summed E-state index contributed by atoms with van der Waals surface area (Å²) < 4.78 is 7.91. The van der Waals surface area contributed by atoms with Crippen molar-refractivity contribution in [2.24, 2.45) is 0 Å². The second kappa shape index (κ2) is 10.1. The molecule has 0 spiro atoms. The summed E-state index contributed by atoms with van der Waals surface area (Å²) in [7, 11) is 0. The summed E-state index contributed by atoms with van der Waals surface area (Å²) in [6.45, 7) is 5.06. The van der Waals surface area contributed by atoms with Gasteiger partial charge in [0.25, 0.3) is 0 Å². The molecule has 0 saturated heterocycles. The lowest BCUT2D eigenvalue weighted by Crippen LogP contribution is -2.38. The van der Waals surface area contributed by atoms with Crippen molar-refractivity contribution >= 4 is 69.6 Å². The Hall–Kier alpha value is 0.900. The average Bonchev–Trinajstić information content (AvgIpc) is 2.74. The Morgan fingerprint density at radius 2 is 1.58 bits per heavy atom. The number of hydrogen-bond acceptors (Lipinski definition) is 4. The van der Waals surface area contributed by atoms with E-state index in [2.05, 4.69) is 5.32 Å². The first-order chi connectivity index (χ1) is 11.7. The minimum Gasteiger partial charge on any atom is -0.372 e. The average molecular weight is 490 g/mol. The summed E-state index contributed by atoms with van der Waals surface area (Å²) >= 11 is 34.4. The lowest BCUT2D eigenvalue weighted by molar-refractivity contribution is -0.143. The number of alkyl halides is 6. The Kier molecular flexibility index (Phi) is 9.67. The van der Waals surface area contributed by atoms with Gasteiger partial charge < -0.3 is 19.9 Å². The van der Waals surface area contributed by atoms with Crippen molar-refractivity contribution in [3.63, 3.8) is 0 Å². The Morgan fingerprint density at radius 3 is 2.00 bits per heavy atom. The molecule has 4 nitrogen and oxygen atoms in total. The van der Waals surface area contributed by atoms with E-state index in [1.54, 1.807) is 13.8 Å². The third-order valence-corrected chi connectivity index (χ3v) is 4.04. The fourth-order valence-corrected chi connectivity index (χ4v) is 2.77. The van der Waals surface area contributed by atoms with Crippen LogP contribution in [-0.2, 0) is 9.47 Å². The van der Waals surface area contributed by atoms with Crippen LogP contribution in [0.2, 0.25) is 0 Å². The zero-order valence-electron chi connectivity index (χ0n) is 14.7. The third kappa shape index (κ3) is 11.0. The molecule has 0 aromatic carbocycles. The topological polar surface area (TPSA) is 50.7 Å². The van der Waals surface area contributed by atoms with Crippen molar-refractivity contribution in [1.82, 2.24) is 5.32 Å². The quantitative estimate of drug-likeness (QED) is 0.318. The second-order valence-electron chi connectivity index (χ2n) is 6.59. The molecule has 1 aliphatic rings. The van der Waals surface area contributed by atoms with Crippen LogP contribution in [0, 0.1) is 0 Å². The molecule has 0 aliphatic heterocycles. The van der Waals surface area contributed by atoms with Crippen molar-refractivity contribution < 1.29 is 14.6 Å². The molecule has 2 N–H and O–H groups in total. The van der Waals surface area contributed by atoms with E-state index in [1.807, 2.05) is 13.0 Å². The van der Waals surface area contributed by atoms with Crippen LogP contribution in [0.3, 0.4) is 0 Å². The SMILES string of the molecule is CC1=C(CCC(OCC(Cl)(Cl)Cl)OCC(Cl)(Cl)Cl)C(NC(C)(C)O)=CC1. The molecule has 1 aliphatic carbocycles. The number of nitrogens with one attached hydrogen (secondary N) is 1. The largest absolute Gasteiger partial charge is 0.372 e. The van der Waals surface area contributed by atoms with Crippen molar-refractivity contribution in [3.8, 4) is 0 Å². The van der Waals surface area contributed by atoms with E-state index in [0.29, 0.717) is 12.8 Å². The minimum absolute atomic E-state index is 0.162.